The maximum absolute atomic E-state index is 9.01. The first kappa shape index (κ1) is 10.9. The summed E-state index contributed by atoms with van der Waals surface area (Å²) in [6, 6.07) is 5.45. The average Bonchev–Trinajstić information content (AvgIpc) is 2.27. The van der Waals surface area contributed by atoms with Crippen molar-refractivity contribution >= 4 is 0 Å². The fourth-order valence-electron chi connectivity index (χ4n) is 1.26. The second-order valence-electron chi connectivity index (χ2n) is 2.99. The van der Waals surface area contributed by atoms with Crippen LogP contribution in [0.5, 0.6) is 11.5 Å². The van der Waals surface area contributed by atoms with Crippen molar-refractivity contribution in [2.24, 2.45) is 0 Å². The lowest BCUT2D eigenvalue weighted by Crippen LogP contribution is -2.02. The van der Waals surface area contributed by atoms with Gasteiger partial charge >= 0.3 is 0 Å². The lowest BCUT2D eigenvalue weighted by atomic mass is 10.0. The van der Waals surface area contributed by atoms with E-state index in [-0.39, 0.29) is 12.5 Å². The van der Waals surface area contributed by atoms with Gasteiger partial charge in [0.15, 0.2) is 0 Å². The summed E-state index contributed by atoms with van der Waals surface area (Å²) in [6.45, 7) is 3.81. The third kappa shape index (κ3) is 2.17. The molecule has 1 rings (SSSR count). The van der Waals surface area contributed by atoms with E-state index in [1.54, 1.807) is 14.2 Å². The van der Waals surface area contributed by atoms with Crippen molar-refractivity contribution in [1.29, 1.82) is 0 Å². The Labute approximate surface area is 84.3 Å². The van der Waals surface area contributed by atoms with Gasteiger partial charge in [-0.2, -0.15) is 0 Å². The topological polar surface area (TPSA) is 38.7 Å². The molecule has 0 fully saturated rings. The molecule has 1 N–H and O–H groups in total. The van der Waals surface area contributed by atoms with Crippen LogP contribution in [0.15, 0.2) is 18.2 Å². The average molecular weight is 195 g/mol. The van der Waals surface area contributed by atoms with Crippen molar-refractivity contribution in [2.45, 2.75) is 5.92 Å². The summed E-state index contributed by atoms with van der Waals surface area (Å²) in [5.74, 6) is 1.27. The van der Waals surface area contributed by atoms with Gasteiger partial charge < -0.3 is 14.6 Å². The fourth-order valence-corrected chi connectivity index (χ4v) is 1.26. The Morgan fingerprint density at radius 2 is 2.07 bits per heavy atom. The Kier molecular flexibility index (Phi) is 3.77. The highest BCUT2D eigenvalue weighted by molar-refractivity contribution is 5.42. The van der Waals surface area contributed by atoms with E-state index < -0.39 is 0 Å². The summed E-state index contributed by atoms with van der Waals surface area (Å²) in [5, 5.41) is 9.01. The van der Waals surface area contributed by atoms with Gasteiger partial charge in [-0.3, -0.25) is 0 Å². The van der Waals surface area contributed by atoms with E-state index in [0.29, 0.717) is 0 Å². The Morgan fingerprint density at radius 3 is 2.57 bits per heavy atom. The van der Waals surface area contributed by atoms with Crippen LogP contribution in [-0.4, -0.2) is 25.9 Å². The molecule has 0 aliphatic carbocycles. The van der Waals surface area contributed by atoms with Crippen molar-refractivity contribution in [1.82, 2.24) is 0 Å². The SMILES string of the molecule is [CH2]C(CO)c1cc(OC)ccc1OC. The molecule has 0 spiro atoms. The molecule has 0 aliphatic rings. The van der Waals surface area contributed by atoms with Crippen LogP contribution in [0, 0.1) is 6.92 Å². The van der Waals surface area contributed by atoms with Crippen LogP contribution in [0.4, 0.5) is 0 Å². The van der Waals surface area contributed by atoms with Crippen LogP contribution in [-0.2, 0) is 0 Å². The Morgan fingerprint density at radius 1 is 1.36 bits per heavy atom. The zero-order valence-corrected chi connectivity index (χ0v) is 8.49. The highest BCUT2D eigenvalue weighted by Gasteiger charge is 2.11. The Bertz CT molecular complexity index is 297. The first-order valence-corrected chi connectivity index (χ1v) is 4.38. The molecule has 3 heteroatoms. The summed E-state index contributed by atoms with van der Waals surface area (Å²) in [4.78, 5) is 0. The smallest absolute Gasteiger partial charge is 0.122 e. The minimum absolute atomic E-state index is 0.0104. The fraction of sp³-hybridized carbons (Fsp3) is 0.364. The van der Waals surface area contributed by atoms with E-state index in [2.05, 4.69) is 6.92 Å². The molecule has 1 aromatic carbocycles. The zero-order chi connectivity index (χ0) is 10.6. The third-order valence-corrected chi connectivity index (χ3v) is 2.10. The number of hydrogen-bond acceptors (Lipinski definition) is 3. The highest BCUT2D eigenvalue weighted by Crippen LogP contribution is 2.29. The van der Waals surface area contributed by atoms with Gasteiger partial charge in [-0.15, -0.1) is 0 Å². The van der Waals surface area contributed by atoms with Gasteiger partial charge in [-0.1, -0.05) is 0 Å². The largest absolute Gasteiger partial charge is 0.497 e. The minimum atomic E-state index is -0.194. The second kappa shape index (κ2) is 4.86. The van der Waals surface area contributed by atoms with Crippen LogP contribution < -0.4 is 9.47 Å². The Hall–Kier alpha value is -1.22. The van der Waals surface area contributed by atoms with Crippen molar-refractivity contribution in [3.8, 4) is 11.5 Å². The van der Waals surface area contributed by atoms with Crippen LogP contribution >= 0.6 is 0 Å². The predicted octanol–water partition coefficient (Wildman–Crippen LogP) is 1.61. The normalized spacial score (nSPS) is 12.3. The first-order chi connectivity index (χ1) is 6.72. The van der Waals surface area contributed by atoms with Gasteiger partial charge in [0.05, 0.1) is 20.8 Å². The number of hydrogen-bond donors (Lipinski definition) is 1. The maximum atomic E-state index is 9.01. The molecule has 0 heterocycles. The van der Waals surface area contributed by atoms with E-state index in [0.717, 1.165) is 17.1 Å². The first-order valence-electron chi connectivity index (χ1n) is 4.38. The summed E-state index contributed by atoms with van der Waals surface area (Å²) in [7, 11) is 3.19. The number of aliphatic hydroxyl groups excluding tert-OH is 1. The van der Waals surface area contributed by atoms with E-state index >= 15 is 0 Å². The molecular formula is C11H15O3. The Balaban J connectivity index is 3.08. The van der Waals surface area contributed by atoms with Crippen LogP contribution in [0.2, 0.25) is 0 Å². The monoisotopic (exact) mass is 195 g/mol. The highest BCUT2D eigenvalue weighted by atomic mass is 16.5. The number of aliphatic hydroxyl groups is 1. The van der Waals surface area contributed by atoms with Crippen molar-refractivity contribution in [3.05, 3.63) is 30.7 Å². The molecule has 0 bridgehead atoms. The summed E-state index contributed by atoms with van der Waals surface area (Å²) in [6.07, 6.45) is 0. The van der Waals surface area contributed by atoms with E-state index in [1.807, 2.05) is 18.2 Å². The minimum Gasteiger partial charge on any atom is -0.497 e. The number of ether oxygens (including phenoxy) is 2. The van der Waals surface area contributed by atoms with Crippen molar-refractivity contribution in [2.75, 3.05) is 20.8 Å². The molecule has 0 aliphatic heterocycles. The lowest BCUT2D eigenvalue weighted by molar-refractivity contribution is 0.279. The zero-order valence-electron chi connectivity index (χ0n) is 8.49. The van der Waals surface area contributed by atoms with Gasteiger partial charge in [-0.25, -0.2) is 0 Å². The van der Waals surface area contributed by atoms with Crippen LogP contribution in [0.3, 0.4) is 0 Å². The molecule has 0 aromatic heterocycles. The molecule has 14 heavy (non-hydrogen) atoms. The molecule has 0 saturated carbocycles. The summed E-state index contributed by atoms with van der Waals surface area (Å²) in [5.41, 5.74) is 0.856. The molecule has 1 unspecified atom stereocenters. The van der Waals surface area contributed by atoms with E-state index in [1.165, 1.54) is 0 Å². The standard InChI is InChI=1S/C11H15O3/c1-8(7-12)10-6-9(13-2)4-5-11(10)14-3/h4-6,8,12H,1,7H2,2-3H3. The molecular weight excluding hydrogens is 180 g/mol. The van der Waals surface area contributed by atoms with Gasteiger partial charge in [0.2, 0.25) is 0 Å². The summed E-state index contributed by atoms with van der Waals surface area (Å²) < 4.78 is 10.2. The van der Waals surface area contributed by atoms with Crippen molar-refractivity contribution < 1.29 is 14.6 Å². The molecule has 0 saturated heterocycles. The lowest BCUT2D eigenvalue weighted by Gasteiger charge is -2.14. The number of benzene rings is 1. The maximum Gasteiger partial charge on any atom is 0.122 e. The third-order valence-electron chi connectivity index (χ3n) is 2.10. The van der Waals surface area contributed by atoms with E-state index in [9.17, 15) is 0 Å². The van der Waals surface area contributed by atoms with Crippen molar-refractivity contribution in [3.63, 3.8) is 0 Å². The predicted molar refractivity (Wildman–Crippen MR) is 54.7 cm³/mol. The number of methoxy groups -OCH3 is 2. The van der Waals surface area contributed by atoms with Gasteiger partial charge in [0, 0.05) is 11.5 Å². The second-order valence-corrected chi connectivity index (χ2v) is 2.99. The molecule has 1 atom stereocenters. The number of rotatable bonds is 4. The van der Waals surface area contributed by atoms with E-state index in [4.69, 9.17) is 14.6 Å². The quantitative estimate of drug-likeness (QED) is 0.793. The molecule has 3 nitrogen and oxygen atoms in total. The van der Waals surface area contributed by atoms with Crippen LogP contribution in [0.1, 0.15) is 11.5 Å². The summed E-state index contributed by atoms with van der Waals surface area (Å²) >= 11 is 0. The van der Waals surface area contributed by atoms with Gasteiger partial charge in [0.1, 0.15) is 11.5 Å². The molecule has 0 amide bonds. The van der Waals surface area contributed by atoms with Crippen LogP contribution in [0.25, 0.3) is 0 Å². The molecule has 77 valence electrons. The molecule has 1 aromatic rings. The van der Waals surface area contributed by atoms with Gasteiger partial charge in [0.25, 0.3) is 0 Å². The van der Waals surface area contributed by atoms with Gasteiger partial charge in [-0.05, 0) is 25.1 Å². The molecule has 1 radical (unpaired) electrons.